The van der Waals surface area contributed by atoms with Crippen LogP contribution in [0.5, 0.6) is 11.5 Å². The number of ketones is 1. The molecule has 2 aromatic carbocycles. The van der Waals surface area contributed by atoms with Gasteiger partial charge in [0.2, 0.25) is 6.79 Å². The molecule has 1 atom stereocenters. The predicted octanol–water partition coefficient (Wildman–Crippen LogP) is 4.09. The van der Waals surface area contributed by atoms with Gasteiger partial charge >= 0.3 is 0 Å². The summed E-state index contributed by atoms with van der Waals surface area (Å²) in [5.74, 6) is 1.53. The largest absolute Gasteiger partial charge is 0.454 e. The molecular formula is C25H23N3O4. The minimum absolute atomic E-state index is 0.0731. The first-order chi connectivity index (χ1) is 15.4. The third-order valence-electron chi connectivity index (χ3n) is 6.44. The summed E-state index contributed by atoms with van der Waals surface area (Å²) >= 11 is 0. The smallest absolute Gasteiger partial charge is 0.277 e. The fraction of sp³-hybridized carbons (Fsp3) is 0.280. The van der Waals surface area contributed by atoms with Gasteiger partial charge in [-0.05, 0) is 41.7 Å². The molecule has 7 heteroatoms. The number of hydrogen-bond donors (Lipinski definition) is 2. The van der Waals surface area contributed by atoms with Crippen LogP contribution >= 0.6 is 0 Å². The first kappa shape index (κ1) is 19.0. The zero-order valence-corrected chi connectivity index (χ0v) is 17.9. The van der Waals surface area contributed by atoms with Gasteiger partial charge in [0.1, 0.15) is 5.82 Å². The average molecular weight is 429 g/mol. The number of carbonyl (C=O) groups excluding carboxylic acids is 1. The van der Waals surface area contributed by atoms with E-state index in [9.17, 15) is 9.59 Å². The Kier molecular flexibility index (Phi) is 3.93. The molecule has 6 rings (SSSR count). The molecule has 0 fully saturated rings. The highest BCUT2D eigenvalue weighted by atomic mass is 16.7. The monoisotopic (exact) mass is 429 g/mol. The van der Waals surface area contributed by atoms with Crippen LogP contribution < -0.4 is 20.3 Å². The van der Waals surface area contributed by atoms with Gasteiger partial charge in [-0.2, -0.15) is 0 Å². The Bertz CT molecular complexity index is 1350. The molecule has 2 aliphatic heterocycles. The van der Waals surface area contributed by atoms with E-state index in [0.29, 0.717) is 34.9 Å². The van der Waals surface area contributed by atoms with E-state index in [-0.39, 0.29) is 23.6 Å². The minimum atomic E-state index is -0.479. The van der Waals surface area contributed by atoms with E-state index in [0.717, 1.165) is 23.4 Å². The van der Waals surface area contributed by atoms with Crippen LogP contribution in [-0.4, -0.2) is 22.4 Å². The first-order valence-corrected chi connectivity index (χ1v) is 10.7. The number of ether oxygens (including phenoxy) is 2. The van der Waals surface area contributed by atoms with Crippen molar-refractivity contribution < 1.29 is 14.3 Å². The van der Waals surface area contributed by atoms with Crippen LogP contribution in [0.1, 0.15) is 43.7 Å². The Morgan fingerprint density at radius 2 is 1.78 bits per heavy atom. The van der Waals surface area contributed by atoms with Gasteiger partial charge in [0.15, 0.2) is 17.3 Å². The van der Waals surface area contributed by atoms with Crippen LogP contribution in [0.4, 0.5) is 5.82 Å². The maximum atomic E-state index is 13.6. The van der Waals surface area contributed by atoms with Crippen molar-refractivity contribution in [3.05, 3.63) is 81.3 Å². The number of anilines is 1. The second kappa shape index (κ2) is 6.63. The predicted molar refractivity (Wildman–Crippen MR) is 119 cm³/mol. The van der Waals surface area contributed by atoms with Crippen molar-refractivity contribution in [2.75, 3.05) is 12.1 Å². The lowest BCUT2D eigenvalue weighted by Gasteiger charge is -2.37. The molecule has 3 aromatic rings. The zero-order valence-electron chi connectivity index (χ0n) is 17.9. The Balaban J connectivity index is 1.58. The van der Waals surface area contributed by atoms with Gasteiger partial charge < -0.3 is 14.8 Å². The van der Waals surface area contributed by atoms with Crippen LogP contribution in [0.25, 0.3) is 5.69 Å². The molecule has 32 heavy (non-hydrogen) atoms. The lowest BCUT2D eigenvalue weighted by Crippen LogP contribution is -2.35. The number of H-pyrrole nitrogens is 1. The molecule has 0 radical (unpaired) electrons. The molecule has 0 bridgehead atoms. The van der Waals surface area contributed by atoms with Gasteiger partial charge in [-0.15, -0.1) is 0 Å². The van der Waals surface area contributed by atoms with E-state index in [4.69, 9.17) is 9.47 Å². The number of para-hydroxylation sites is 1. The zero-order chi connectivity index (χ0) is 22.0. The molecular weight excluding hydrogens is 406 g/mol. The first-order valence-electron chi connectivity index (χ1n) is 10.7. The second-order valence-corrected chi connectivity index (χ2v) is 9.38. The van der Waals surface area contributed by atoms with Crippen molar-refractivity contribution in [2.45, 2.75) is 32.6 Å². The number of benzene rings is 2. The summed E-state index contributed by atoms with van der Waals surface area (Å²) in [6.07, 6.45) is 1.17. The molecule has 2 N–H and O–H groups in total. The molecule has 1 aliphatic carbocycles. The van der Waals surface area contributed by atoms with E-state index < -0.39 is 5.92 Å². The third kappa shape index (κ3) is 2.81. The normalized spacial score (nSPS) is 20.6. The standard InChI is InChI=1S/C25H23N3O4/c1-25(2)11-16-21(17(29)12-25)20(14-8-9-18-19(10-14)32-13-31-18)22-23(26-16)27-28(24(22)30)15-6-4-3-5-7-15/h3-10,20,26-27H,11-13H2,1-2H3/t20-/m1/s1. The maximum absolute atomic E-state index is 13.6. The van der Waals surface area contributed by atoms with Crippen molar-refractivity contribution in [1.29, 1.82) is 0 Å². The quantitative estimate of drug-likeness (QED) is 0.641. The van der Waals surface area contributed by atoms with Crippen molar-refractivity contribution in [3.8, 4) is 17.2 Å². The number of nitrogens with one attached hydrogen (secondary N) is 2. The van der Waals surface area contributed by atoms with Crippen molar-refractivity contribution in [3.63, 3.8) is 0 Å². The Labute approximate surface area is 184 Å². The highest BCUT2D eigenvalue weighted by Gasteiger charge is 2.43. The van der Waals surface area contributed by atoms with Crippen LogP contribution in [0.2, 0.25) is 0 Å². The third-order valence-corrected chi connectivity index (χ3v) is 6.44. The molecule has 3 aliphatic rings. The number of hydrogen-bond acceptors (Lipinski definition) is 5. The summed E-state index contributed by atoms with van der Waals surface area (Å²) in [5.41, 5.74) is 3.35. The number of aromatic nitrogens is 2. The molecule has 0 saturated heterocycles. The molecule has 0 amide bonds. The summed E-state index contributed by atoms with van der Waals surface area (Å²) in [6.45, 7) is 4.36. The number of aromatic amines is 1. The number of rotatable bonds is 2. The fourth-order valence-electron chi connectivity index (χ4n) is 5.07. The van der Waals surface area contributed by atoms with Gasteiger partial charge in [-0.25, -0.2) is 4.68 Å². The van der Waals surface area contributed by atoms with Gasteiger partial charge in [0.25, 0.3) is 5.56 Å². The lowest BCUT2D eigenvalue weighted by molar-refractivity contribution is -0.118. The maximum Gasteiger partial charge on any atom is 0.277 e. The van der Waals surface area contributed by atoms with E-state index in [1.54, 1.807) is 0 Å². The van der Waals surface area contributed by atoms with Gasteiger partial charge in [-0.1, -0.05) is 38.1 Å². The summed E-state index contributed by atoms with van der Waals surface area (Å²) < 4.78 is 12.6. The molecule has 0 unspecified atom stereocenters. The average Bonchev–Trinajstić information content (AvgIpc) is 3.36. The molecule has 162 valence electrons. The van der Waals surface area contributed by atoms with E-state index in [1.807, 2.05) is 48.5 Å². The number of carbonyl (C=O) groups is 1. The molecule has 0 saturated carbocycles. The summed E-state index contributed by atoms with van der Waals surface area (Å²) in [7, 11) is 0. The van der Waals surface area contributed by atoms with E-state index in [2.05, 4.69) is 24.3 Å². The van der Waals surface area contributed by atoms with E-state index >= 15 is 0 Å². The van der Waals surface area contributed by atoms with Gasteiger partial charge in [0, 0.05) is 23.6 Å². The van der Waals surface area contributed by atoms with E-state index in [1.165, 1.54) is 4.68 Å². The van der Waals surface area contributed by atoms with Crippen LogP contribution in [0, 0.1) is 5.41 Å². The summed E-state index contributed by atoms with van der Waals surface area (Å²) in [6, 6.07) is 15.1. The summed E-state index contributed by atoms with van der Waals surface area (Å²) in [5, 5.41) is 6.63. The van der Waals surface area contributed by atoms with Gasteiger partial charge in [0.05, 0.1) is 11.3 Å². The lowest BCUT2D eigenvalue weighted by atomic mass is 9.69. The number of Topliss-reactive ketones (excluding diaryl/α,β-unsaturated/α-hetero) is 1. The highest BCUT2D eigenvalue weighted by molar-refractivity contribution is 6.01. The molecule has 0 spiro atoms. The minimum Gasteiger partial charge on any atom is -0.454 e. The topological polar surface area (TPSA) is 85.4 Å². The number of fused-ring (bicyclic) bond motifs is 2. The summed E-state index contributed by atoms with van der Waals surface area (Å²) in [4.78, 5) is 27.0. The molecule has 1 aromatic heterocycles. The van der Waals surface area contributed by atoms with Crippen molar-refractivity contribution in [1.82, 2.24) is 9.78 Å². The Morgan fingerprint density at radius 1 is 1.00 bits per heavy atom. The Hall–Kier alpha value is -3.74. The van der Waals surface area contributed by atoms with Crippen molar-refractivity contribution in [2.24, 2.45) is 5.41 Å². The molecule has 3 heterocycles. The number of nitrogens with zero attached hydrogens (tertiary/aromatic N) is 1. The second-order valence-electron chi connectivity index (χ2n) is 9.38. The number of allylic oxidation sites excluding steroid dienone is 2. The SMILES string of the molecule is CC1(C)CC(=O)C2=C(C1)Nc1[nH]n(-c3ccccc3)c(=O)c1[C@@H]2c1ccc2c(c1)OCO2. The van der Waals surface area contributed by atoms with Crippen LogP contribution in [0.3, 0.4) is 0 Å². The highest BCUT2D eigenvalue weighted by Crippen LogP contribution is 2.49. The molecule has 7 nitrogen and oxygen atoms in total. The van der Waals surface area contributed by atoms with Crippen LogP contribution in [0.15, 0.2) is 64.6 Å². The fourth-order valence-corrected chi connectivity index (χ4v) is 5.07. The van der Waals surface area contributed by atoms with Crippen molar-refractivity contribution >= 4 is 11.6 Å². The van der Waals surface area contributed by atoms with Crippen LogP contribution in [-0.2, 0) is 4.79 Å². The Morgan fingerprint density at radius 3 is 2.59 bits per heavy atom. The van der Waals surface area contributed by atoms with Gasteiger partial charge in [-0.3, -0.25) is 14.7 Å².